The monoisotopic (exact) mass is 367 g/mol. The molecule has 144 valence electrons. The van der Waals surface area contributed by atoms with Crippen molar-refractivity contribution in [1.29, 1.82) is 0 Å². The molecule has 2 aromatic rings. The number of para-hydroxylation sites is 1. The Labute approximate surface area is 162 Å². The van der Waals surface area contributed by atoms with E-state index in [1.807, 2.05) is 74.3 Å². The number of nitrogens with one attached hydrogen (secondary N) is 1. The van der Waals surface area contributed by atoms with Crippen molar-refractivity contribution in [3.8, 4) is 0 Å². The lowest BCUT2D eigenvalue weighted by molar-refractivity contribution is -0.134. The van der Waals surface area contributed by atoms with Crippen molar-refractivity contribution in [2.75, 3.05) is 32.5 Å². The lowest BCUT2D eigenvalue weighted by atomic mass is 10.1. The summed E-state index contributed by atoms with van der Waals surface area (Å²) in [5.41, 5.74) is 3.99. The minimum Gasteiger partial charge on any atom is -0.335 e. The van der Waals surface area contributed by atoms with Gasteiger partial charge in [-0.15, -0.1) is 0 Å². The second-order valence-corrected chi connectivity index (χ2v) is 7.07. The van der Waals surface area contributed by atoms with Gasteiger partial charge in [-0.25, -0.2) is 0 Å². The highest BCUT2D eigenvalue weighted by molar-refractivity contribution is 5.95. The fourth-order valence-corrected chi connectivity index (χ4v) is 2.95. The van der Waals surface area contributed by atoms with E-state index in [1.165, 1.54) is 4.90 Å². The molecule has 0 unspecified atom stereocenters. The molecule has 0 aliphatic rings. The second-order valence-electron chi connectivity index (χ2n) is 7.07. The first kappa shape index (κ1) is 20.6. The van der Waals surface area contributed by atoms with E-state index in [1.54, 1.807) is 7.05 Å². The first-order valence-corrected chi connectivity index (χ1v) is 9.14. The van der Waals surface area contributed by atoms with Gasteiger partial charge >= 0.3 is 0 Å². The summed E-state index contributed by atoms with van der Waals surface area (Å²) in [4.78, 5) is 28.3. The zero-order valence-electron chi connectivity index (χ0n) is 16.8. The standard InChI is InChI=1S/C22H29N3O2/c1-16-10-9-11-17(2)22(16)23-20(26)14-25(5)21(27)15-24(4)18(3)19-12-7-6-8-13-19/h6-13,18H,14-15H2,1-5H3,(H,23,26)/t18-/m0/s1. The highest BCUT2D eigenvalue weighted by Gasteiger charge is 2.19. The van der Waals surface area contributed by atoms with Gasteiger partial charge in [-0.1, -0.05) is 48.5 Å². The fraction of sp³-hybridized carbons (Fsp3) is 0.364. The minimum atomic E-state index is -0.193. The summed E-state index contributed by atoms with van der Waals surface area (Å²) in [7, 11) is 3.58. The van der Waals surface area contributed by atoms with Gasteiger partial charge in [0.15, 0.2) is 0 Å². The van der Waals surface area contributed by atoms with Crippen LogP contribution in [0.5, 0.6) is 0 Å². The predicted molar refractivity (Wildman–Crippen MR) is 110 cm³/mol. The number of rotatable bonds is 7. The number of aryl methyl sites for hydroxylation is 2. The molecule has 2 amide bonds. The summed E-state index contributed by atoms with van der Waals surface area (Å²) in [6.07, 6.45) is 0. The summed E-state index contributed by atoms with van der Waals surface area (Å²) in [6.45, 7) is 6.26. The first-order valence-electron chi connectivity index (χ1n) is 9.14. The summed E-state index contributed by atoms with van der Waals surface area (Å²) >= 11 is 0. The average molecular weight is 367 g/mol. The van der Waals surface area contributed by atoms with E-state index >= 15 is 0 Å². The van der Waals surface area contributed by atoms with Crippen LogP contribution in [0, 0.1) is 13.8 Å². The van der Waals surface area contributed by atoms with Gasteiger partial charge in [-0.2, -0.15) is 0 Å². The molecule has 0 saturated carbocycles. The maximum atomic E-state index is 12.5. The Morgan fingerprint density at radius 3 is 2.11 bits per heavy atom. The van der Waals surface area contributed by atoms with Crippen molar-refractivity contribution in [3.63, 3.8) is 0 Å². The number of anilines is 1. The lowest BCUT2D eigenvalue weighted by Crippen LogP contribution is -2.41. The van der Waals surface area contributed by atoms with Crippen LogP contribution in [-0.2, 0) is 9.59 Å². The molecule has 1 N–H and O–H groups in total. The number of carbonyl (C=O) groups excluding carboxylic acids is 2. The highest BCUT2D eigenvalue weighted by atomic mass is 16.2. The SMILES string of the molecule is Cc1cccc(C)c1NC(=O)CN(C)C(=O)CN(C)[C@@H](C)c1ccccc1. The van der Waals surface area contributed by atoms with Crippen molar-refractivity contribution >= 4 is 17.5 Å². The molecule has 2 aromatic carbocycles. The van der Waals surface area contributed by atoms with Crippen LogP contribution in [0.1, 0.15) is 29.7 Å². The van der Waals surface area contributed by atoms with Gasteiger partial charge in [0.25, 0.3) is 0 Å². The molecule has 0 heterocycles. The van der Waals surface area contributed by atoms with Crippen molar-refractivity contribution in [1.82, 2.24) is 9.80 Å². The van der Waals surface area contributed by atoms with E-state index in [2.05, 4.69) is 12.2 Å². The zero-order valence-corrected chi connectivity index (χ0v) is 16.8. The molecule has 2 rings (SSSR count). The van der Waals surface area contributed by atoms with Crippen molar-refractivity contribution < 1.29 is 9.59 Å². The van der Waals surface area contributed by atoms with E-state index in [4.69, 9.17) is 0 Å². The maximum Gasteiger partial charge on any atom is 0.243 e. The second kappa shape index (κ2) is 9.33. The van der Waals surface area contributed by atoms with Crippen LogP contribution >= 0.6 is 0 Å². The molecule has 0 fully saturated rings. The number of hydrogen-bond acceptors (Lipinski definition) is 3. The molecule has 27 heavy (non-hydrogen) atoms. The third kappa shape index (κ3) is 5.66. The van der Waals surface area contributed by atoms with Gasteiger partial charge in [0.2, 0.25) is 11.8 Å². The number of benzene rings is 2. The Kier molecular flexibility index (Phi) is 7.13. The first-order chi connectivity index (χ1) is 12.8. The fourth-order valence-electron chi connectivity index (χ4n) is 2.95. The van der Waals surface area contributed by atoms with Crippen molar-refractivity contribution in [3.05, 3.63) is 65.2 Å². The normalized spacial score (nSPS) is 11.9. The van der Waals surface area contributed by atoms with Gasteiger partial charge < -0.3 is 10.2 Å². The van der Waals surface area contributed by atoms with Gasteiger partial charge in [-0.3, -0.25) is 14.5 Å². The smallest absolute Gasteiger partial charge is 0.243 e. The topological polar surface area (TPSA) is 52.7 Å². The Morgan fingerprint density at radius 1 is 0.926 bits per heavy atom. The number of hydrogen-bond donors (Lipinski definition) is 1. The van der Waals surface area contributed by atoms with E-state index in [-0.39, 0.29) is 30.9 Å². The average Bonchev–Trinajstić information content (AvgIpc) is 2.64. The Morgan fingerprint density at radius 2 is 1.52 bits per heavy atom. The molecule has 0 aliphatic carbocycles. The van der Waals surface area contributed by atoms with Crippen LogP contribution in [0.2, 0.25) is 0 Å². The molecular formula is C22H29N3O2. The molecule has 1 atom stereocenters. The molecule has 0 bridgehead atoms. The molecule has 5 nitrogen and oxygen atoms in total. The Hall–Kier alpha value is -2.66. The van der Waals surface area contributed by atoms with E-state index in [9.17, 15) is 9.59 Å². The summed E-state index contributed by atoms with van der Waals surface area (Å²) in [5.74, 6) is -0.279. The number of amides is 2. The highest BCUT2D eigenvalue weighted by Crippen LogP contribution is 2.20. The molecule has 0 radical (unpaired) electrons. The largest absolute Gasteiger partial charge is 0.335 e. The van der Waals surface area contributed by atoms with Crippen LogP contribution in [0.25, 0.3) is 0 Å². The molecule has 0 spiro atoms. The van der Waals surface area contributed by atoms with Crippen molar-refractivity contribution in [2.24, 2.45) is 0 Å². The number of carbonyl (C=O) groups is 2. The van der Waals surface area contributed by atoms with Crippen LogP contribution in [0.4, 0.5) is 5.69 Å². The molecule has 0 aromatic heterocycles. The Bertz CT molecular complexity index is 769. The van der Waals surface area contributed by atoms with Crippen molar-refractivity contribution in [2.45, 2.75) is 26.8 Å². The molecule has 0 aliphatic heterocycles. The van der Waals surface area contributed by atoms with Gasteiger partial charge in [-0.05, 0) is 44.5 Å². The van der Waals surface area contributed by atoms with Crippen LogP contribution in [0.3, 0.4) is 0 Å². The van der Waals surface area contributed by atoms with E-state index in [0.29, 0.717) is 0 Å². The molecule has 0 saturated heterocycles. The Balaban J connectivity index is 1.90. The zero-order chi connectivity index (χ0) is 20.0. The molecule has 5 heteroatoms. The minimum absolute atomic E-state index is 0.0279. The third-order valence-corrected chi connectivity index (χ3v) is 4.88. The summed E-state index contributed by atoms with van der Waals surface area (Å²) in [6, 6.07) is 16.0. The van der Waals surface area contributed by atoms with Crippen LogP contribution in [-0.4, -0.2) is 48.8 Å². The number of likely N-dealkylation sites (N-methyl/N-ethyl adjacent to an activating group) is 2. The van der Waals surface area contributed by atoms with Gasteiger partial charge in [0, 0.05) is 18.8 Å². The maximum absolute atomic E-state index is 12.5. The lowest BCUT2D eigenvalue weighted by Gasteiger charge is -2.27. The number of nitrogens with zero attached hydrogens (tertiary/aromatic N) is 2. The summed E-state index contributed by atoms with van der Waals surface area (Å²) < 4.78 is 0. The van der Waals surface area contributed by atoms with Gasteiger partial charge in [0.1, 0.15) is 0 Å². The third-order valence-electron chi connectivity index (χ3n) is 4.88. The summed E-state index contributed by atoms with van der Waals surface area (Å²) in [5, 5.41) is 2.92. The van der Waals surface area contributed by atoms with E-state index in [0.717, 1.165) is 22.4 Å². The van der Waals surface area contributed by atoms with E-state index < -0.39 is 0 Å². The predicted octanol–water partition coefficient (Wildman–Crippen LogP) is 3.39. The van der Waals surface area contributed by atoms with Gasteiger partial charge in [0.05, 0.1) is 13.1 Å². The quantitative estimate of drug-likeness (QED) is 0.816. The molecular weight excluding hydrogens is 338 g/mol. The van der Waals surface area contributed by atoms with Crippen LogP contribution < -0.4 is 5.32 Å². The van der Waals surface area contributed by atoms with Crippen LogP contribution in [0.15, 0.2) is 48.5 Å².